The van der Waals surface area contributed by atoms with Gasteiger partial charge in [0, 0.05) is 31.3 Å². The zero-order valence-electron chi connectivity index (χ0n) is 16.0. The Morgan fingerprint density at radius 2 is 1.81 bits per heavy atom. The number of benzene rings is 1. The van der Waals surface area contributed by atoms with Crippen LogP contribution in [0.15, 0.2) is 28.8 Å². The monoisotopic (exact) mass is 373 g/mol. The highest BCUT2D eigenvalue weighted by Gasteiger charge is 2.24. The first kappa shape index (κ1) is 20.2. The van der Waals surface area contributed by atoms with E-state index in [4.69, 9.17) is 9.26 Å². The van der Waals surface area contributed by atoms with Crippen LogP contribution in [-0.2, 0) is 9.53 Å². The molecule has 8 nitrogen and oxygen atoms in total. The summed E-state index contributed by atoms with van der Waals surface area (Å²) in [5, 5.41) is 6.39. The summed E-state index contributed by atoms with van der Waals surface area (Å²) in [7, 11) is 3.32. The molecule has 2 aromatic rings. The number of carbonyl (C=O) groups is 3. The zero-order valence-corrected chi connectivity index (χ0v) is 16.0. The number of hydrogen-bond donors (Lipinski definition) is 1. The topological polar surface area (TPSA) is 102 Å². The van der Waals surface area contributed by atoms with E-state index in [0.717, 1.165) is 0 Å². The SMILES string of the molecule is Cc1noc(C(C)C)c1C(=O)OCC(=O)Nc1ccc(C(=O)N(C)C)cc1. The van der Waals surface area contributed by atoms with Crippen molar-refractivity contribution in [3.8, 4) is 0 Å². The van der Waals surface area contributed by atoms with Gasteiger partial charge in [0.2, 0.25) is 0 Å². The number of anilines is 1. The maximum atomic E-state index is 12.2. The minimum atomic E-state index is -0.653. The van der Waals surface area contributed by atoms with Gasteiger partial charge in [0.05, 0.1) is 5.69 Å². The Morgan fingerprint density at radius 3 is 2.37 bits per heavy atom. The number of nitrogens with one attached hydrogen (secondary N) is 1. The van der Waals surface area contributed by atoms with Crippen molar-refractivity contribution in [1.82, 2.24) is 10.1 Å². The lowest BCUT2D eigenvalue weighted by molar-refractivity contribution is -0.119. The first-order valence-electron chi connectivity index (χ1n) is 8.45. The van der Waals surface area contributed by atoms with Crippen molar-refractivity contribution in [2.45, 2.75) is 26.7 Å². The van der Waals surface area contributed by atoms with E-state index >= 15 is 0 Å². The third-order valence-electron chi connectivity index (χ3n) is 3.77. The predicted octanol–water partition coefficient (Wildman–Crippen LogP) is 2.60. The Balaban J connectivity index is 1.94. The molecule has 0 unspecified atom stereocenters. The summed E-state index contributed by atoms with van der Waals surface area (Å²) in [4.78, 5) is 37.6. The Kier molecular flexibility index (Phi) is 6.33. The fourth-order valence-electron chi connectivity index (χ4n) is 2.38. The van der Waals surface area contributed by atoms with Gasteiger partial charge in [-0.2, -0.15) is 0 Å². The number of ether oxygens (including phenoxy) is 1. The Bertz CT molecular complexity index is 838. The van der Waals surface area contributed by atoms with E-state index in [1.165, 1.54) is 4.90 Å². The minimum absolute atomic E-state index is 0.0361. The van der Waals surface area contributed by atoms with E-state index in [-0.39, 0.29) is 17.4 Å². The summed E-state index contributed by atoms with van der Waals surface area (Å²) in [6.45, 7) is 4.93. The smallest absolute Gasteiger partial charge is 0.344 e. The summed E-state index contributed by atoms with van der Waals surface area (Å²) in [5.74, 6) is -0.883. The third kappa shape index (κ3) is 4.93. The van der Waals surface area contributed by atoms with Crippen molar-refractivity contribution in [3.63, 3.8) is 0 Å². The molecule has 0 atom stereocenters. The number of esters is 1. The van der Waals surface area contributed by atoms with Gasteiger partial charge in [0.1, 0.15) is 5.56 Å². The van der Waals surface area contributed by atoms with Gasteiger partial charge in [-0.1, -0.05) is 19.0 Å². The summed E-state index contributed by atoms with van der Waals surface area (Å²) in [5.41, 5.74) is 1.68. The molecule has 2 amide bonds. The molecule has 0 aliphatic rings. The molecule has 8 heteroatoms. The molecule has 0 radical (unpaired) electrons. The maximum absolute atomic E-state index is 12.2. The maximum Gasteiger partial charge on any atom is 0.344 e. The molecule has 1 N–H and O–H groups in total. The molecule has 0 saturated carbocycles. The van der Waals surface area contributed by atoms with Gasteiger partial charge in [-0.15, -0.1) is 0 Å². The summed E-state index contributed by atoms with van der Waals surface area (Å²) >= 11 is 0. The second kappa shape index (κ2) is 8.48. The van der Waals surface area contributed by atoms with Crippen molar-refractivity contribution >= 4 is 23.5 Å². The van der Waals surface area contributed by atoms with Crippen LogP contribution in [0.1, 0.15) is 51.9 Å². The lowest BCUT2D eigenvalue weighted by Crippen LogP contribution is -2.22. The number of aryl methyl sites for hydroxylation is 1. The molecule has 0 aliphatic heterocycles. The van der Waals surface area contributed by atoms with Gasteiger partial charge < -0.3 is 19.5 Å². The quantitative estimate of drug-likeness (QED) is 0.781. The van der Waals surface area contributed by atoms with Crippen molar-refractivity contribution in [1.29, 1.82) is 0 Å². The summed E-state index contributed by atoms with van der Waals surface area (Å²) in [6, 6.07) is 6.44. The molecule has 0 spiro atoms. The molecule has 2 rings (SSSR count). The standard InChI is InChI=1S/C19H23N3O5/c1-11(2)17-16(12(3)21-27-17)19(25)26-10-15(23)20-14-8-6-13(7-9-14)18(24)22(4)5/h6-9,11H,10H2,1-5H3,(H,20,23). The van der Waals surface area contributed by atoms with Crippen LogP contribution in [-0.4, -0.2) is 48.5 Å². The molecule has 0 bridgehead atoms. The van der Waals surface area contributed by atoms with Gasteiger partial charge >= 0.3 is 5.97 Å². The fourth-order valence-corrected chi connectivity index (χ4v) is 2.38. The highest BCUT2D eigenvalue weighted by Crippen LogP contribution is 2.23. The van der Waals surface area contributed by atoms with Gasteiger partial charge in [0.15, 0.2) is 12.4 Å². The molecule has 1 heterocycles. The van der Waals surface area contributed by atoms with E-state index < -0.39 is 18.5 Å². The second-order valence-corrected chi connectivity index (χ2v) is 6.56. The Hall–Kier alpha value is -3.16. The van der Waals surface area contributed by atoms with Gasteiger partial charge in [-0.3, -0.25) is 9.59 Å². The third-order valence-corrected chi connectivity index (χ3v) is 3.77. The van der Waals surface area contributed by atoms with E-state index in [2.05, 4.69) is 10.5 Å². The van der Waals surface area contributed by atoms with Crippen LogP contribution >= 0.6 is 0 Å². The van der Waals surface area contributed by atoms with Crippen molar-refractivity contribution in [2.24, 2.45) is 0 Å². The van der Waals surface area contributed by atoms with E-state index in [1.54, 1.807) is 45.3 Å². The van der Waals surface area contributed by atoms with Crippen LogP contribution in [0, 0.1) is 6.92 Å². The lowest BCUT2D eigenvalue weighted by atomic mass is 10.1. The average Bonchev–Trinajstić information content (AvgIpc) is 3.01. The highest BCUT2D eigenvalue weighted by molar-refractivity contribution is 5.97. The zero-order chi connectivity index (χ0) is 20.1. The van der Waals surface area contributed by atoms with Crippen LogP contribution in [0.3, 0.4) is 0 Å². The minimum Gasteiger partial charge on any atom is -0.452 e. The summed E-state index contributed by atoms with van der Waals surface area (Å²) in [6.07, 6.45) is 0. The van der Waals surface area contributed by atoms with E-state index in [0.29, 0.717) is 22.7 Å². The van der Waals surface area contributed by atoms with Crippen LogP contribution < -0.4 is 5.32 Å². The molecule has 0 saturated heterocycles. The fraction of sp³-hybridized carbons (Fsp3) is 0.368. The molecule has 27 heavy (non-hydrogen) atoms. The first-order chi connectivity index (χ1) is 12.7. The van der Waals surface area contributed by atoms with Gasteiger partial charge in [-0.25, -0.2) is 4.79 Å². The number of amides is 2. The van der Waals surface area contributed by atoms with Crippen molar-refractivity contribution in [3.05, 3.63) is 46.8 Å². The van der Waals surface area contributed by atoms with Crippen LogP contribution in [0.2, 0.25) is 0 Å². The van der Waals surface area contributed by atoms with Crippen LogP contribution in [0.5, 0.6) is 0 Å². The Morgan fingerprint density at radius 1 is 1.19 bits per heavy atom. The van der Waals surface area contributed by atoms with Crippen LogP contribution in [0.4, 0.5) is 5.69 Å². The number of carbonyl (C=O) groups excluding carboxylic acids is 3. The molecular weight excluding hydrogens is 350 g/mol. The number of hydrogen-bond acceptors (Lipinski definition) is 6. The van der Waals surface area contributed by atoms with Gasteiger partial charge in [0.25, 0.3) is 11.8 Å². The highest BCUT2D eigenvalue weighted by atomic mass is 16.5. The molecule has 1 aromatic carbocycles. The Labute approximate surface area is 157 Å². The molecule has 0 aliphatic carbocycles. The van der Waals surface area contributed by atoms with Crippen molar-refractivity contribution in [2.75, 3.05) is 26.0 Å². The largest absolute Gasteiger partial charge is 0.452 e. The van der Waals surface area contributed by atoms with E-state index in [9.17, 15) is 14.4 Å². The predicted molar refractivity (Wildman–Crippen MR) is 98.7 cm³/mol. The van der Waals surface area contributed by atoms with Gasteiger partial charge in [-0.05, 0) is 31.2 Å². The number of rotatable bonds is 6. The number of nitrogens with zero attached hydrogens (tertiary/aromatic N) is 2. The summed E-state index contributed by atoms with van der Waals surface area (Å²) < 4.78 is 10.2. The molecular formula is C19H23N3O5. The lowest BCUT2D eigenvalue weighted by Gasteiger charge is -2.11. The first-order valence-corrected chi connectivity index (χ1v) is 8.45. The normalized spacial score (nSPS) is 10.6. The molecule has 0 fully saturated rings. The van der Waals surface area contributed by atoms with E-state index in [1.807, 2.05) is 13.8 Å². The van der Waals surface area contributed by atoms with Crippen LogP contribution in [0.25, 0.3) is 0 Å². The number of aromatic nitrogens is 1. The van der Waals surface area contributed by atoms with Crippen molar-refractivity contribution < 1.29 is 23.6 Å². The molecule has 144 valence electrons. The second-order valence-electron chi connectivity index (χ2n) is 6.56. The molecule has 1 aromatic heterocycles. The average molecular weight is 373 g/mol.